The van der Waals surface area contributed by atoms with Gasteiger partial charge in [-0.25, -0.2) is 14.4 Å². The standard InChI is InChI=1S/C17H14FIN4O2/c18-10-6-20-16(21-7-10)22-14(24)8-23-9-17(3-4-17)13-5-11(19)1-2-12(13)15(23)25/h1-2,5-7H,3-4,8-9H2,(H,20,21,22,24). The Morgan fingerprint density at radius 3 is 2.72 bits per heavy atom. The minimum atomic E-state index is -0.578. The van der Waals surface area contributed by atoms with E-state index in [1.165, 1.54) is 0 Å². The Balaban J connectivity index is 1.52. The van der Waals surface area contributed by atoms with Gasteiger partial charge >= 0.3 is 0 Å². The summed E-state index contributed by atoms with van der Waals surface area (Å²) in [4.78, 5) is 33.9. The lowest BCUT2D eigenvalue weighted by Crippen LogP contribution is -2.46. The largest absolute Gasteiger partial charge is 0.328 e. The molecule has 6 nitrogen and oxygen atoms in total. The molecule has 2 aliphatic rings. The van der Waals surface area contributed by atoms with Crippen LogP contribution in [0, 0.1) is 9.39 Å². The van der Waals surface area contributed by atoms with Crippen LogP contribution in [0.25, 0.3) is 0 Å². The van der Waals surface area contributed by atoms with Crippen molar-refractivity contribution >= 4 is 40.4 Å². The first kappa shape index (κ1) is 16.4. The summed E-state index contributed by atoms with van der Waals surface area (Å²) in [6.45, 7) is 0.462. The summed E-state index contributed by atoms with van der Waals surface area (Å²) < 4.78 is 13.9. The molecule has 0 atom stereocenters. The van der Waals surface area contributed by atoms with E-state index in [1.807, 2.05) is 12.1 Å². The number of hydrogen-bond acceptors (Lipinski definition) is 4. The number of benzene rings is 1. The smallest absolute Gasteiger partial charge is 0.254 e. The zero-order chi connectivity index (χ0) is 17.6. The van der Waals surface area contributed by atoms with Crippen molar-refractivity contribution in [3.05, 3.63) is 51.1 Å². The fourth-order valence-electron chi connectivity index (χ4n) is 3.25. The van der Waals surface area contributed by atoms with Gasteiger partial charge in [0.2, 0.25) is 11.9 Å². The van der Waals surface area contributed by atoms with E-state index in [0.29, 0.717) is 12.1 Å². The Labute approximate surface area is 157 Å². The number of nitrogens with one attached hydrogen (secondary N) is 1. The van der Waals surface area contributed by atoms with Gasteiger partial charge in [-0.15, -0.1) is 0 Å². The second kappa shape index (κ2) is 6.01. The first-order valence-electron chi connectivity index (χ1n) is 7.84. The number of amides is 2. The van der Waals surface area contributed by atoms with Crippen LogP contribution in [-0.4, -0.2) is 39.8 Å². The molecule has 0 saturated heterocycles. The number of nitrogens with zero attached hydrogens (tertiary/aromatic N) is 3. The lowest BCUT2D eigenvalue weighted by molar-refractivity contribution is -0.117. The maximum absolute atomic E-state index is 12.8. The number of rotatable bonds is 3. The number of anilines is 1. The van der Waals surface area contributed by atoms with Gasteiger partial charge in [0.25, 0.3) is 5.91 Å². The monoisotopic (exact) mass is 452 g/mol. The first-order chi connectivity index (χ1) is 12.0. The van der Waals surface area contributed by atoms with Gasteiger partial charge in [-0.1, -0.05) is 0 Å². The molecule has 2 aromatic rings. The molecule has 2 heterocycles. The van der Waals surface area contributed by atoms with E-state index < -0.39 is 11.7 Å². The van der Waals surface area contributed by atoms with Crippen molar-refractivity contribution in [2.45, 2.75) is 18.3 Å². The van der Waals surface area contributed by atoms with Gasteiger partial charge < -0.3 is 4.90 Å². The summed E-state index contributed by atoms with van der Waals surface area (Å²) >= 11 is 2.25. The third-order valence-corrected chi connectivity index (χ3v) is 5.29. The molecule has 1 aromatic carbocycles. The van der Waals surface area contributed by atoms with Crippen molar-refractivity contribution in [1.29, 1.82) is 0 Å². The molecule has 8 heteroatoms. The summed E-state index contributed by atoms with van der Waals surface area (Å²) in [5, 5.41) is 2.49. The van der Waals surface area contributed by atoms with Gasteiger partial charge in [0.05, 0.1) is 12.4 Å². The van der Waals surface area contributed by atoms with Crippen LogP contribution < -0.4 is 5.32 Å². The molecule has 1 N–H and O–H groups in total. The molecule has 1 aliphatic heterocycles. The molecule has 0 radical (unpaired) electrons. The summed E-state index contributed by atoms with van der Waals surface area (Å²) in [7, 11) is 0. The van der Waals surface area contributed by atoms with Crippen LogP contribution in [-0.2, 0) is 10.2 Å². The average Bonchev–Trinajstić information content (AvgIpc) is 3.35. The molecule has 1 aliphatic carbocycles. The van der Waals surface area contributed by atoms with E-state index in [-0.39, 0.29) is 23.8 Å². The second-order valence-corrected chi connectivity index (χ2v) is 7.65. The Hall–Kier alpha value is -2.10. The predicted molar refractivity (Wildman–Crippen MR) is 96.6 cm³/mol. The highest BCUT2D eigenvalue weighted by atomic mass is 127. The van der Waals surface area contributed by atoms with Crippen LogP contribution in [0.4, 0.5) is 10.3 Å². The molecule has 25 heavy (non-hydrogen) atoms. The van der Waals surface area contributed by atoms with Crippen LogP contribution in [0.15, 0.2) is 30.6 Å². The van der Waals surface area contributed by atoms with Gasteiger partial charge in [-0.2, -0.15) is 0 Å². The van der Waals surface area contributed by atoms with Crippen molar-refractivity contribution in [3.8, 4) is 0 Å². The maximum atomic E-state index is 12.8. The van der Waals surface area contributed by atoms with Crippen LogP contribution >= 0.6 is 22.6 Å². The summed E-state index contributed by atoms with van der Waals surface area (Å²) in [5.41, 5.74) is 1.76. The normalized spacial score (nSPS) is 17.4. The molecule has 1 fully saturated rings. The Kier molecular flexibility index (Phi) is 3.94. The fraction of sp³-hybridized carbons (Fsp3) is 0.294. The molecule has 4 rings (SSSR count). The topological polar surface area (TPSA) is 75.2 Å². The zero-order valence-electron chi connectivity index (χ0n) is 13.1. The number of carbonyl (C=O) groups excluding carboxylic acids is 2. The third-order valence-electron chi connectivity index (χ3n) is 4.62. The van der Waals surface area contributed by atoms with Crippen molar-refractivity contribution in [3.63, 3.8) is 0 Å². The molecular formula is C17H14FIN4O2. The van der Waals surface area contributed by atoms with E-state index in [2.05, 4.69) is 43.9 Å². The van der Waals surface area contributed by atoms with Crippen LogP contribution in [0.3, 0.4) is 0 Å². The lowest BCUT2D eigenvalue weighted by Gasteiger charge is -2.34. The minimum absolute atomic E-state index is 0.0168. The molecule has 0 bridgehead atoms. The first-order valence-corrected chi connectivity index (χ1v) is 8.91. The van der Waals surface area contributed by atoms with E-state index >= 15 is 0 Å². The minimum Gasteiger partial charge on any atom is -0.328 e. The van der Waals surface area contributed by atoms with E-state index in [0.717, 1.165) is 34.4 Å². The number of fused-ring (bicyclic) bond motifs is 2. The van der Waals surface area contributed by atoms with Crippen molar-refractivity contribution < 1.29 is 14.0 Å². The van der Waals surface area contributed by atoms with Crippen LogP contribution in [0.2, 0.25) is 0 Å². The summed E-state index contributed by atoms with van der Waals surface area (Å²) in [6.07, 6.45) is 4.00. The Morgan fingerprint density at radius 2 is 2.04 bits per heavy atom. The molecule has 0 unspecified atom stereocenters. The van der Waals surface area contributed by atoms with Crippen molar-refractivity contribution in [2.24, 2.45) is 0 Å². The molecule has 2 amide bonds. The highest BCUT2D eigenvalue weighted by Gasteiger charge is 2.51. The molecule has 128 valence electrons. The quantitative estimate of drug-likeness (QED) is 0.726. The Bertz CT molecular complexity index is 867. The second-order valence-electron chi connectivity index (χ2n) is 6.40. The van der Waals surface area contributed by atoms with Gasteiger partial charge in [-0.3, -0.25) is 14.9 Å². The summed E-state index contributed by atoms with van der Waals surface area (Å²) in [6, 6.07) is 5.82. The average molecular weight is 452 g/mol. The SMILES string of the molecule is O=C(CN1CC2(CC2)c2cc(I)ccc2C1=O)Nc1ncc(F)cn1. The number of hydrogen-bond donors (Lipinski definition) is 1. The fourth-order valence-corrected chi connectivity index (χ4v) is 3.75. The van der Waals surface area contributed by atoms with Crippen molar-refractivity contribution in [2.75, 3.05) is 18.4 Å². The van der Waals surface area contributed by atoms with Gasteiger partial charge in [-0.05, 0) is 59.2 Å². The van der Waals surface area contributed by atoms with E-state index in [4.69, 9.17) is 0 Å². The number of carbonyl (C=O) groups is 2. The molecule has 1 saturated carbocycles. The molecule has 1 aromatic heterocycles. The molecule has 1 spiro atoms. The van der Waals surface area contributed by atoms with Gasteiger partial charge in [0, 0.05) is 21.1 Å². The van der Waals surface area contributed by atoms with Crippen LogP contribution in [0.1, 0.15) is 28.8 Å². The van der Waals surface area contributed by atoms with Crippen LogP contribution in [0.5, 0.6) is 0 Å². The van der Waals surface area contributed by atoms with Crippen molar-refractivity contribution in [1.82, 2.24) is 14.9 Å². The van der Waals surface area contributed by atoms with Gasteiger partial charge in [0.15, 0.2) is 5.82 Å². The lowest BCUT2D eigenvalue weighted by atomic mass is 9.86. The van der Waals surface area contributed by atoms with E-state index in [1.54, 1.807) is 4.90 Å². The maximum Gasteiger partial charge on any atom is 0.254 e. The van der Waals surface area contributed by atoms with E-state index in [9.17, 15) is 14.0 Å². The number of aromatic nitrogens is 2. The third kappa shape index (κ3) is 3.10. The van der Waals surface area contributed by atoms with Gasteiger partial charge in [0.1, 0.15) is 6.54 Å². The predicted octanol–water partition coefficient (Wildman–Crippen LogP) is 2.35. The highest BCUT2D eigenvalue weighted by Crippen LogP contribution is 2.52. The number of halogens is 2. The molecular weight excluding hydrogens is 438 g/mol. The zero-order valence-corrected chi connectivity index (χ0v) is 15.3. The highest BCUT2D eigenvalue weighted by molar-refractivity contribution is 14.1. The Morgan fingerprint density at radius 1 is 1.32 bits per heavy atom. The summed E-state index contributed by atoms with van der Waals surface area (Å²) in [5.74, 6) is -1.10.